The Morgan fingerprint density at radius 2 is 2.00 bits per heavy atom. The Hall–Kier alpha value is -2.56. The molecule has 0 radical (unpaired) electrons. The largest absolute Gasteiger partial charge is 0.407 e. The number of carbonyl (C=O) groups is 1. The molecule has 6 heteroatoms. The van der Waals surface area contributed by atoms with E-state index in [4.69, 9.17) is 27.9 Å². The van der Waals surface area contributed by atoms with Gasteiger partial charge in [-0.15, -0.1) is 0 Å². The van der Waals surface area contributed by atoms with E-state index in [1.165, 1.54) is 0 Å². The summed E-state index contributed by atoms with van der Waals surface area (Å²) in [5.41, 5.74) is 3.20. The first kappa shape index (κ1) is 16.9. The molecule has 0 saturated heterocycles. The van der Waals surface area contributed by atoms with E-state index in [0.29, 0.717) is 28.2 Å². The summed E-state index contributed by atoms with van der Waals surface area (Å²) >= 11 is 12.3. The zero-order valence-electron chi connectivity index (χ0n) is 13.9. The van der Waals surface area contributed by atoms with Crippen LogP contribution in [-0.4, -0.2) is 16.4 Å². The first-order valence-corrected chi connectivity index (χ1v) is 8.78. The Balaban J connectivity index is 1.79. The average molecular weight is 385 g/mol. The number of aliphatic imine (C=N–C) groups is 1. The van der Waals surface area contributed by atoms with Gasteiger partial charge in [-0.25, -0.2) is 9.79 Å². The number of rotatable bonds is 3. The molecular formula is C20H14Cl2N2O2. The maximum Gasteiger partial charge on any atom is 0.363 e. The number of fused-ring (bicyclic) bond motifs is 1. The highest BCUT2D eigenvalue weighted by Crippen LogP contribution is 2.28. The van der Waals surface area contributed by atoms with Gasteiger partial charge >= 0.3 is 5.97 Å². The molecule has 0 spiro atoms. The molecule has 0 atom stereocenters. The van der Waals surface area contributed by atoms with Gasteiger partial charge in [-0.3, -0.25) is 0 Å². The average Bonchev–Trinajstić information content (AvgIpc) is 3.11. The number of halogens is 2. The van der Waals surface area contributed by atoms with Crippen LogP contribution < -0.4 is 0 Å². The van der Waals surface area contributed by atoms with Crippen LogP contribution in [0, 0.1) is 0 Å². The molecule has 0 saturated carbocycles. The molecule has 3 aromatic rings. The third kappa shape index (κ3) is 3.14. The van der Waals surface area contributed by atoms with Gasteiger partial charge in [0, 0.05) is 46.2 Å². The topological polar surface area (TPSA) is 43.6 Å². The highest BCUT2D eigenvalue weighted by Gasteiger charge is 2.20. The third-order valence-corrected chi connectivity index (χ3v) is 4.78. The molecule has 0 amide bonds. The zero-order chi connectivity index (χ0) is 18.3. The smallest absolute Gasteiger partial charge is 0.363 e. The normalized spacial score (nSPS) is 15.6. The molecular weight excluding hydrogens is 371 g/mol. The van der Waals surface area contributed by atoms with Crippen LogP contribution in [0.15, 0.2) is 59.4 Å². The summed E-state index contributed by atoms with van der Waals surface area (Å²) < 4.78 is 7.08. The Labute approximate surface area is 160 Å². The second-order valence-corrected chi connectivity index (χ2v) is 6.86. The number of hydrogen-bond acceptors (Lipinski definition) is 3. The lowest BCUT2D eigenvalue weighted by molar-refractivity contribution is -0.130. The Bertz CT molecular complexity index is 1100. The summed E-state index contributed by atoms with van der Waals surface area (Å²) in [6, 6.07) is 13.5. The van der Waals surface area contributed by atoms with Crippen molar-refractivity contribution in [3.05, 3.63) is 75.5 Å². The minimum Gasteiger partial charge on any atom is -0.407 e. The Kier molecular flexibility index (Phi) is 4.31. The molecule has 26 heavy (non-hydrogen) atoms. The molecule has 0 fully saturated rings. The van der Waals surface area contributed by atoms with Crippen molar-refractivity contribution < 1.29 is 9.53 Å². The van der Waals surface area contributed by atoms with E-state index in [9.17, 15) is 4.79 Å². The van der Waals surface area contributed by atoms with Gasteiger partial charge in [0.05, 0.1) is 0 Å². The standard InChI is InChI=1S/C20H14Cl2N2O2/c1-12-23-18(20(25)26-12)8-14-11-24(19-5-3-2-4-16(14)19)10-13-6-7-15(21)9-17(13)22/h2-9,11H,10H2,1H3/b18-8+. The third-order valence-electron chi connectivity index (χ3n) is 4.19. The van der Waals surface area contributed by atoms with Crippen molar-refractivity contribution in [1.29, 1.82) is 0 Å². The summed E-state index contributed by atoms with van der Waals surface area (Å²) in [7, 11) is 0. The fourth-order valence-corrected chi connectivity index (χ4v) is 3.49. The van der Waals surface area contributed by atoms with E-state index < -0.39 is 5.97 Å². The van der Waals surface area contributed by atoms with E-state index in [2.05, 4.69) is 9.56 Å². The van der Waals surface area contributed by atoms with Gasteiger partial charge in [-0.1, -0.05) is 47.5 Å². The summed E-state index contributed by atoms with van der Waals surface area (Å²) in [5.74, 6) is -0.0713. The van der Waals surface area contributed by atoms with Gasteiger partial charge in [0.1, 0.15) is 0 Å². The molecule has 130 valence electrons. The molecule has 0 aliphatic carbocycles. The highest BCUT2D eigenvalue weighted by molar-refractivity contribution is 6.35. The lowest BCUT2D eigenvalue weighted by atomic mass is 10.1. The maximum absolute atomic E-state index is 11.9. The van der Waals surface area contributed by atoms with Crippen LogP contribution in [-0.2, 0) is 16.1 Å². The SMILES string of the molecule is CC1=N/C(=C/c2cn(Cc3ccc(Cl)cc3Cl)c3ccccc23)C(=O)O1. The van der Waals surface area contributed by atoms with Crippen molar-refractivity contribution in [3.63, 3.8) is 0 Å². The van der Waals surface area contributed by atoms with E-state index in [0.717, 1.165) is 22.0 Å². The molecule has 2 heterocycles. The summed E-state index contributed by atoms with van der Waals surface area (Å²) in [5, 5.41) is 2.25. The Morgan fingerprint density at radius 1 is 1.19 bits per heavy atom. The number of carbonyl (C=O) groups excluding carboxylic acids is 1. The van der Waals surface area contributed by atoms with Crippen LogP contribution >= 0.6 is 23.2 Å². The Morgan fingerprint density at radius 3 is 2.73 bits per heavy atom. The molecule has 1 aliphatic rings. The van der Waals surface area contributed by atoms with Crippen LogP contribution in [0.1, 0.15) is 18.1 Å². The number of ether oxygens (including phenoxy) is 1. The van der Waals surface area contributed by atoms with Crippen LogP contribution in [0.5, 0.6) is 0 Å². The van der Waals surface area contributed by atoms with E-state index >= 15 is 0 Å². The molecule has 4 nitrogen and oxygen atoms in total. The molecule has 1 aliphatic heterocycles. The molecule has 2 aromatic carbocycles. The van der Waals surface area contributed by atoms with Gasteiger partial charge in [-0.05, 0) is 29.8 Å². The van der Waals surface area contributed by atoms with Crippen molar-refractivity contribution >= 4 is 52.0 Å². The van der Waals surface area contributed by atoms with E-state index in [-0.39, 0.29) is 0 Å². The number of nitrogens with zero attached hydrogens (tertiary/aromatic N) is 2. The number of benzene rings is 2. The molecule has 0 bridgehead atoms. The number of hydrogen-bond donors (Lipinski definition) is 0. The predicted molar refractivity (Wildman–Crippen MR) is 105 cm³/mol. The lowest BCUT2D eigenvalue weighted by Crippen LogP contribution is -2.00. The zero-order valence-corrected chi connectivity index (χ0v) is 15.4. The monoisotopic (exact) mass is 384 g/mol. The number of esters is 1. The highest BCUT2D eigenvalue weighted by atomic mass is 35.5. The lowest BCUT2D eigenvalue weighted by Gasteiger charge is -2.08. The minimum atomic E-state index is -0.430. The second kappa shape index (κ2) is 6.63. The summed E-state index contributed by atoms with van der Waals surface area (Å²) in [6.07, 6.45) is 3.74. The van der Waals surface area contributed by atoms with Crippen molar-refractivity contribution in [3.8, 4) is 0 Å². The fraction of sp³-hybridized carbons (Fsp3) is 0.100. The molecule has 1 aromatic heterocycles. The van der Waals surface area contributed by atoms with Gasteiger partial charge < -0.3 is 9.30 Å². The number of para-hydroxylation sites is 1. The predicted octanol–water partition coefficient (Wildman–Crippen LogP) is 5.31. The maximum atomic E-state index is 11.9. The van der Waals surface area contributed by atoms with Crippen LogP contribution in [0.4, 0.5) is 0 Å². The van der Waals surface area contributed by atoms with Crippen LogP contribution in [0.3, 0.4) is 0 Å². The number of aromatic nitrogens is 1. The molecule has 0 unspecified atom stereocenters. The van der Waals surface area contributed by atoms with Crippen molar-refractivity contribution in [2.24, 2.45) is 4.99 Å². The van der Waals surface area contributed by atoms with E-state index in [1.807, 2.05) is 42.6 Å². The quantitative estimate of drug-likeness (QED) is 0.453. The van der Waals surface area contributed by atoms with Crippen LogP contribution in [0.2, 0.25) is 10.0 Å². The van der Waals surface area contributed by atoms with Crippen molar-refractivity contribution in [2.45, 2.75) is 13.5 Å². The van der Waals surface area contributed by atoms with E-state index in [1.54, 1.807) is 19.1 Å². The first-order chi connectivity index (χ1) is 12.5. The summed E-state index contributed by atoms with van der Waals surface area (Å²) in [4.78, 5) is 16.0. The first-order valence-electron chi connectivity index (χ1n) is 8.02. The van der Waals surface area contributed by atoms with Crippen LogP contribution in [0.25, 0.3) is 17.0 Å². The summed E-state index contributed by atoms with van der Waals surface area (Å²) in [6.45, 7) is 2.25. The van der Waals surface area contributed by atoms with Gasteiger partial charge in [-0.2, -0.15) is 0 Å². The van der Waals surface area contributed by atoms with Crippen molar-refractivity contribution in [2.75, 3.05) is 0 Å². The second-order valence-electron chi connectivity index (χ2n) is 6.02. The minimum absolute atomic E-state index is 0.301. The number of cyclic esters (lactones) is 1. The van der Waals surface area contributed by atoms with Crippen molar-refractivity contribution in [1.82, 2.24) is 4.57 Å². The van der Waals surface area contributed by atoms with Gasteiger partial charge in [0.2, 0.25) is 0 Å². The van der Waals surface area contributed by atoms with Gasteiger partial charge in [0.15, 0.2) is 11.6 Å². The van der Waals surface area contributed by atoms with Gasteiger partial charge in [0.25, 0.3) is 0 Å². The fourth-order valence-electron chi connectivity index (χ4n) is 3.02. The molecule has 0 N–H and O–H groups in total. The molecule has 4 rings (SSSR count).